The van der Waals surface area contributed by atoms with E-state index in [-0.39, 0.29) is 11.2 Å². The van der Waals surface area contributed by atoms with Crippen LogP contribution in [-0.4, -0.2) is 10.5 Å². The molecule has 0 aliphatic heterocycles. The number of primary amides is 1. The van der Waals surface area contributed by atoms with Crippen molar-refractivity contribution < 1.29 is 9.21 Å². The summed E-state index contributed by atoms with van der Waals surface area (Å²) in [6, 6.07) is 18.2. The number of aromatic nitrogens is 1. The van der Waals surface area contributed by atoms with Gasteiger partial charge in [0.2, 0.25) is 5.43 Å². The molecule has 0 spiro atoms. The van der Waals surface area contributed by atoms with Crippen molar-refractivity contribution in [2.45, 2.75) is 0 Å². The Bertz CT molecular complexity index is 1110. The lowest BCUT2D eigenvalue weighted by Crippen LogP contribution is -2.15. The van der Waals surface area contributed by atoms with Crippen LogP contribution in [0.15, 0.2) is 69.9 Å². The van der Waals surface area contributed by atoms with Crippen LogP contribution in [0.2, 0.25) is 0 Å². The smallest absolute Gasteiger partial charge is 0.284 e. The minimum Gasteiger partial charge on any atom is -0.448 e. The molecule has 5 heteroatoms. The standard InChI is InChI=1S/C18H12N2O3/c19-18(22)15-10-14(21)16-17(23-15)12-8-4-5-9-13(12)20(16)11-6-2-1-3-7-11/h1-10H,(H2,19,22). The molecule has 2 aromatic heterocycles. The number of benzene rings is 2. The molecule has 2 aromatic carbocycles. The summed E-state index contributed by atoms with van der Waals surface area (Å²) < 4.78 is 7.46. The fourth-order valence-electron chi connectivity index (χ4n) is 2.83. The summed E-state index contributed by atoms with van der Waals surface area (Å²) in [5.74, 6) is -0.904. The maximum atomic E-state index is 12.6. The van der Waals surface area contributed by atoms with Crippen LogP contribution in [-0.2, 0) is 0 Å². The number of fused-ring (bicyclic) bond motifs is 3. The Labute approximate surface area is 130 Å². The van der Waals surface area contributed by atoms with Crippen molar-refractivity contribution >= 4 is 27.9 Å². The predicted octanol–water partition coefficient (Wildman–Crippen LogP) is 2.84. The van der Waals surface area contributed by atoms with Crippen molar-refractivity contribution in [1.29, 1.82) is 0 Å². The van der Waals surface area contributed by atoms with Gasteiger partial charge in [0.05, 0.1) is 5.52 Å². The molecule has 0 bridgehead atoms. The number of nitrogens with two attached hydrogens (primary N) is 1. The summed E-state index contributed by atoms with van der Waals surface area (Å²) in [7, 11) is 0. The Morgan fingerprint density at radius 3 is 2.43 bits per heavy atom. The zero-order valence-corrected chi connectivity index (χ0v) is 12.0. The van der Waals surface area contributed by atoms with Crippen LogP contribution < -0.4 is 11.2 Å². The van der Waals surface area contributed by atoms with Crippen LogP contribution in [0.25, 0.3) is 27.7 Å². The Morgan fingerprint density at radius 1 is 1.00 bits per heavy atom. The van der Waals surface area contributed by atoms with Crippen molar-refractivity contribution in [2.24, 2.45) is 5.73 Å². The van der Waals surface area contributed by atoms with E-state index in [0.29, 0.717) is 11.1 Å². The molecule has 2 N–H and O–H groups in total. The second-order valence-corrected chi connectivity index (χ2v) is 5.20. The zero-order chi connectivity index (χ0) is 16.0. The van der Waals surface area contributed by atoms with Gasteiger partial charge < -0.3 is 14.7 Å². The summed E-state index contributed by atoms with van der Waals surface area (Å²) in [4.78, 5) is 24.0. The average Bonchev–Trinajstić information content (AvgIpc) is 2.91. The lowest BCUT2D eigenvalue weighted by atomic mass is 10.2. The maximum absolute atomic E-state index is 12.6. The van der Waals surface area contributed by atoms with Gasteiger partial charge in [0, 0.05) is 17.1 Å². The average molecular weight is 304 g/mol. The molecule has 23 heavy (non-hydrogen) atoms. The van der Waals surface area contributed by atoms with E-state index in [1.165, 1.54) is 0 Å². The van der Waals surface area contributed by atoms with Crippen molar-refractivity contribution in [3.05, 3.63) is 76.6 Å². The topological polar surface area (TPSA) is 78.2 Å². The molecule has 0 unspecified atom stereocenters. The normalized spacial score (nSPS) is 11.1. The molecule has 0 saturated carbocycles. The molecule has 4 rings (SSSR count). The minimum absolute atomic E-state index is 0.140. The van der Waals surface area contributed by atoms with Crippen LogP contribution >= 0.6 is 0 Å². The van der Waals surface area contributed by atoms with Crippen LogP contribution in [0.4, 0.5) is 0 Å². The van der Waals surface area contributed by atoms with E-state index in [4.69, 9.17) is 10.2 Å². The number of nitrogens with zero attached hydrogens (tertiary/aromatic N) is 1. The highest BCUT2D eigenvalue weighted by Gasteiger charge is 2.19. The number of hydrogen-bond acceptors (Lipinski definition) is 3. The molecule has 0 radical (unpaired) electrons. The number of carbonyl (C=O) groups is 1. The van der Waals surface area contributed by atoms with Gasteiger partial charge in [-0.2, -0.15) is 0 Å². The fourth-order valence-corrected chi connectivity index (χ4v) is 2.83. The van der Waals surface area contributed by atoms with E-state index in [1.807, 2.05) is 59.2 Å². The first-order chi connectivity index (χ1) is 11.2. The largest absolute Gasteiger partial charge is 0.448 e. The number of amides is 1. The summed E-state index contributed by atoms with van der Waals surface area (Å²) in [5.41, 5.74) is 7.38. The highest BCUT2D eigenvalue weighted by atomic mass is 16.3. The third-order valence-corrected chi connectivity index (χ3v) is 3.79. The molecule has 0 atom stereocenters. The van der Waals surface area contributed by atoms with Gasteiger partial charge in [-0.1, -0.05) is 30.3 Å². The second kappa shape index (κ2) is 4.84. The molecule has 0 aliphatic carbocycles. The van der Waals surface area contributed by atoms with Crippen molar-refractivity contribution in [3.8, 4) is 5.69 Å². The SMILES string of the molecule is NC(=O)c1cc(=O)c2c(o1)c1ccccc1n2-c1ccccc1. The Hall–Kier alpha value is -3.34. The van der Waals surface area contributed by atoms with Crippen LogP contribution in [0.1, 0.15) is 10.6 Å². The van der Waals surface area contributed by atoms with Gasteiger partial charge in [-0.3, -0.25) is 9.59 Å². The van der Waals surface area contributed by atoms with E-state index in [2.05, 4.69) is 0 Å². The quantitative estimate of drug-likeness (QED) is 0.618. The van der Waals surface area contributed by atoms with Crippen molar-refractivity contribution in [3.63, 3.8) is 0 Å². The number of hydrogen-bond donors (Lipinski definition) is 1. The lowest BCUT2D eigenvalue weighted by molar-refractivity contribution is 0.0974. The highest BCUT2D eigenvalue weighted by Crippen LogP contribution is 2.30. The van der Waals surface area contributed by atoms with Gasteiger partial charge in [0.15, 0.2) is 11.3 Å². The monoisotopic (exact) mass is 304 g/mol. The van der Waals surface area contributed by atoms with E-state index in [0.717, 1.165) is 22.7 Å². The third-order valence-electron chi connectivity index (χ3n) is 3.79. The Morgan fingerprint density at radius 2 is 1.70 bits per heavy atom. The van der Waals surface area contributed by atoms with Gasteiger partial charge in [-0.15, -0.1) is 0 Å². The first-order valence-electron chi connectivity index (χ1n) is 7.09. The first-order valence-corrected chi connectivity index (χ1v) is 7.09. The molecule has 4 aromatic rings. The zero-order valence-electron chi connectivity index (χ0n) is 12.0. The van der Waals surface area contributed by atoms with Crippen LogP contribution in [0.5, 0.6) is 0 Å². The summed E-state index contributed by atoms with van der Waals surface area (Å²) >= 11 is 0. The molecule has 0 fully saturated rings. The lowest BCUT2D eigenvalue weighted by Gasteiger charge is -2.06. The number of para-hydroxylation sites is 2. The number of rotatable bonds is 2. The summed E-state index contributed by atoms with van der Waals surface area (Å²) in [6.07, 6.45) is 0. The van der Waals surface area contributed by atoms with Crippen LogP contribution in [0, 0.1) is 0 Å². The Kier molecular flexibility index (Phi) is 2.81. The van der Waals surface area contributed by atoms with Gasteiger partial charge in [-0.05, 0) is 24.3 Å². The Balaban J connectivity index is 2.25. The molecular weight excluding hydrogens is 292 g/mol. The summed E-state index contributed by atoms with van der Waals surface area (Å²) in [6.45, 7) is 0. The van der Waals surface area contributed by atoms with E-state index < -0.39 is 5.91 Å². The van der Waals surface area contributed by atoms with Gasteiger partial charge in [0.25, 0.3) is 5.91 Å². The molecule has 2 heterocycles. The van der Waals surface area contributed by atoms with E-state index >= 15 is 0 Å². The second-order valence-electron chi connectivity index (χ2n) is 5.20. The first kappa shape index (κ1) is 13.3. The molecular formula is C18H12N2O3. The highest BCUT2D eigenvalue weighted by molar-refractivity contribution is 6.06. The molecule has 0 aliphatic rings. The summed E-state index contributed by atoms with van der Waals surface area (Å²) in [5, 5.41) is 0.756. The fraction of sp³-hybridized carbons (Fsp3) is 0. The predicted molar refractivity (Wildman–Crippen MR) is 87.8 cm³/mol. The van der Waals surface area contributed by atoms with E-state index in [1.54, 1.807) is 0 Å². The maximum Gasteiger partial charge on any atom is 0.284 e. The van der Waals surface area contributed by atoms with Gasteiger partial charge in [0.1, 0.15) is 5.52 Å². The van der Waals surface area contributed by atoms with E-state index in [9.17, 15) is 9.59 Å². The molecule has 0 saturated heterocycles. The van der Waals surface area contributed by atoms with Crippen molar-refractivity contribution in [2.75, 3.05) is 0 Å². The van der Waals surface area contributed by atoms with Gasteiger partial charge >= 0.3 is 0 Å². The molecule has 112 valence electrons. The molecule has 1 amide bonds. The third kappa shape index (κ3) is 1.94. The number of carbonyl (C=O) groups excluding carboxylic acids is 1. The van der Waals surface area contributed by atoms with Crippen LogP contribution in [0.3, 0.4) is 0 Å². The van der Waals surface area contributed by atoms with Crippen molar-refractivity contribution in [1.82, 2.24) is 4.57 Å². The molecule has 5 nitrogen and oxygen atoms in total. The van der Waals surface area contributed by atoms with Gasteiger partial charge in [-0.25, -0.2) is 0 Å². The minimum atomic E-state index is -0.763.